The van der Waals surface area contributed by atoms with Crippen LogP contribution in [0.4, 0.5) is 5.69 Å². The molecular weight excluding hydrogens is 256 g/mol. The van der Waals surface area contributed by atoms with E-state index in [2.05, 4.69) is 15.5 Å². The number of nitrogens with zero attached hydrogens (tertiary/aromatic N) is 3. The van der Waals surface area contributed by atoms with E-state index in [1.54, 1.807) is 60.4 Å². The summed E-state index contributed by atoms with van der Waals surface area (Å²) in [4.78, 5) is 12.1. The van der Waals surface area contributed by atoms with E-state index in [0.29, 0.717) is 17.0 Å². The predicted octanol–water partition coefficient (Wildman–Crippen LogP) is 1.99. The zero-order valence-electron chi connectivity index (χ0n) is 10.8. The zero-order valence-corrected chi connectivity index (χ0v) is 10.8. The van der Waals surface area contributed by atoms with E-state index in [1.165, 1.54) is 0 Å². The summed E-state index contributed by atoms with van der Waals surface area (Å²) in [5.74, 6) is 0.535. The Morgan fingerprint density at radius 2 is 2.00 bits per heavy atom. The van der Waals surface area contributed by atoms with Gasteiger partial charge in [0.05, 0.1) is 12.8 Å². The summed E-state index contributed by atoms with van der Waals surface area (Å²) in [5, 5.41) is 10.5. The van der Waals surface area contributed by atoms with Crippen LogP contribution in [0.15, 0.2) is 48.9 Å². The molecule has 2 aromatic heterocycles. The van der Waals surface area contributed by atoms with Crippen molar-refractivity contribution < 1.29 is 9.53 Å². The molecule has 1 N–H and O–H groups in total. The normalized spacial score (nSPS) is 10.4. The molecule has 1 aromatic carbocycles. The average molecular weight is 268 g/mol. The highest BCUT2D eigenvalue weighted by Crippen LogP contribution is 2.14. The van der Waals surface area contributed by atoms with Crippen molar-refractivity contribution in [2.45, 2.75) is 0 Å². The minimum absolute atomic E-state index is 0.180. The van der Waals surface area contributed by atoms with Gasteiger partial charge in [-0.2, -0.15) is 0 Å². The lowest BCUT2D eigenvalue weighted by Gasteiger charge is -2.06. The van der Waals surface area contributed by atoms with Crippen LogP contribution in [0.5, 0.6) is 5.75 Å². The number of benzene rings is 1. The second-order valence-electron chi connectivity index (χ2n) is 4.20. The van der Waals surface area contributed by atoms with Gasteiger partial charge in [0.15, 0.2) is 5.65 Å². The van der Waals surface area contributed by atoms with Gasteiger partial charge in [-0.3, -0.25) is 9.20 Å². The van der Waals surface area contributed by atoms with Crippen LogP contribution in [-0.4, -0.2) is 27.6 Å². The third-order valence-corrected chi connectivity index (χ3v) is 2.90. The first kappa shape index (κ1) is 12.2. The number of nitrogens with one attached hydrogen (secondary N) is 1. The van der Waals surface area contributed by atoms with E-state index in [9.17, 15) is 4.79 Å². The number of aromatic nitrogens is 3. The van der Waals surface area contributed by atoms with E-state index in [-0.39, 0.29) is 5.91 Å². The number of carbonyl (C=O) groups is 1. The van der Waals surface area contributed by atoms with Crippen LogP contribution in [0.1, 0.15) is 10.4 Å². The third kappa shape index (κ3) is 2.31. The van der Waals surface area contributed by atoms with Crippen molar-refractivity contribution in [3.63, 3.8) is 0 Å². The highest BCUT2D eigenvalue weighted by molar-refractivity contribution is 6.04. The van der Waals surface area contributed by atoms with Gasteiger partial charge in [-0.15, -0.1) is 10.2 Å². The number of pyridine rings is 1. The monoisotopic (exact) mass is 268 g/mol. The number of anilines is 1. The van der Waals surface area contributed by atoms with Gasteiger partial charge in [-0.25, -0.2) is 0 Å². The number of hydrogen-bond acceptors (Lipinski definition) is 4. The molecule has 0 bridgehead atoms. The second kappa shape index (κ2) is 5.00. The Morgan fingerprint density at radius 1 is 1.20 bits per heavy atom. The van der Waals surface area contributed by atoms with E-state index in [0.717, 1.165) is 5.65 Å². The van der Waals surface area contributed by atoms with Gasteiger partial charge in [0, 0.05) is 11.8 Å². The molecule has 0 spiro atoms. The molecule has 0 aliphatic rings. The molecule has 3 aromatic rings. The van der Waals surface area contributed by atoms with Crippen molar-refractivity contribution in [3.8, 4) is 5.75 Å². The molecule has 3 rings (SSSR count). The van der Waals surface area contributed by atoms with Crippen LogP contribution in [0.3, 0.4) is 0 Å². The molecule has 100 valence electrons. The Kier molecular flexibility index (Phi) is 3.04. The Hall–Kier alpha value is -2.89. The maximum Gasteiger partial charge on any atom is 0.255 e. The van der Waals surface area contributed by atoms with Gasteiger partial charge >= 0.3 is 0 Å². The Labute approximate surface area is 115 Å². The second-order valence-corrected chi connectivity index (χ2v) is 4.20. The van der Waals surface area contributed by atoms with Crippen molar-refractivity contribution >= 4 is 17.2 Å². The third-order valence-electron chi connectivity index (χ3n) is 2.90. The first-order valence-corrected chi connectivity index (χ1v) is 6.01. The maximum absolute atomic E-state index is 12.1. The zero-order chi connectivity index (χ0) is 13.9. The van der Waals surface area contributed by atoms with Gasteiger partial charge in [0.25, 0.3) is 5.91 Å². The largest absolute Gasteiger partial charge is 0.497 e. The summed E-state index contributed by atoms with van der Waals surface area (Å²) in [7, 11) is 1.59. The van der Waals surface area contributed by atoms with Gasteiger partial charge < -0.3 is 10.1 Å². The van der Waals surface area contributed by atoms with Crippen LogP contribution in [-0.2, 0) is 0 Å². The fourth-order valence-electron chi connectivity index (χ4n) is 1.85. The molecule has 20 heavy (non-hydrogen) atoms. The van der Waals surface area contributed by atoms with Crippen molar-refractivity contribution in [2.75, 3.05) is 12.4 Å². The number of hydrogen-bond donors (Lipinski definition) is 1. The van der Waals surface area contributed by atoms with Crippen molar-refractivity contribution in [2.24, 2.45) is 0 Å². The van der Waals surface area contributed by atoms with Gasteiger partial charge in [0.2, 0.25) is 0 Å². The van der Waals surface area contributed by atoms with Crippen LogP contribution < -0.4 is 10.1 Å². The van der Waals surface area contributed by atoms with Gasteiger partial charge in [-0.05, 0) is 36.4 Å². The van der Waals surface area contributed by atoms with Crippen LogP contribution in [0.25, 0.3) is 5.65 Å². The molecule has 0 fully saturated rings. The minimum Gasteiger partial charge on any atom is -0.497 e. The summed E-state index contributed by atoms with van der Waals surface area (Å²) >= 11 is 0. The Morgan fingerprint density at radius 3 is 2.75 bits per heavy atom. The SMILES string of the molecule is COc1ccc(C(=O)Nc2ccc3nncn3c2)cc1. The summed E-state index contributed by atoms with van der Waals surface area (Å²) in [5.41, 5.74) is 1.97. The molecule has 1 amide bonds. The van der Waals surface area contributed by atoms with Crippen LogP contribution in [0.2, 0.25) is 0 Å². The molecule has 2 heterocycles. The lowest BCUT2D eigenvalue weighted by molar-refractivity contribution is 0.102. The van der Waals surface area contributed by atoms with Gasteiger partial charge in [-0.1, -0.05) is 0 Å². The molecule has 0 saturated heterocycles. The number of methoxy groups -OCH3 is 1. The number of ether oxygens (including phenoxy) is 1. The van der Waals surface area contributed by atoms with Crippen molar-refractivity contribution in [1.82, 2.24) is 14.6 Å². The number of carbonyl (C=O) groups excluding carboxylic acids is 1. The highest BCUT2D eigenvalue weighted by Gasteiger charge is 2.07. The summed E-state index contributed by atoms with van der Waals surface area (Å²) in [6.07, 6.45) is 3.34. The van der Waals surface area contributed by atoms with E-state index >= 15 is 0 Å². The predicted molar refractivity (Wildman–Crippen MR) is 73.9 cm³/mol. The molecule has 6 nitrogen and oxygen atoms in total. The smallest absolute Gasteiger partial charge is 0.255 e. The molecule has 0 radical (unpaired) electrons. The number of rotatable bonds is 3. The van der Waals surface area contributed by atoms with E-state index < -0.39 is 0 Å². The van der Waals surface area contributed by atoms with Gasteiger partial charge in [0.1, 0.15) is 12.1 Å². The first-order chi connectivity index (χ1) is 9.76. The fraction of sp³-hybridized carbons (Fsp3) is 0.0714. The summed E-state index contributed by atoms with van der Waals surface area (Å²) < 4.78 is 6.80. The molecule has 0 aliphatic heterocycles. The molecule has 0 saturated carbocycles. The maximum atomic E-state index is 12.1. The lowest BCUT2D eigenvalue weighted by Crippen LogP contribution is -2.12. The van der Waals surface area contributed by atoms with E-state index in [4.69, 9.17) is 4.74 Å². The topological polar surface area (TPSA) is 68.5 Å². The first-order valence-electron chi connectivity index (χ1n) is 6.01. The quantitative estimate of drug-likeness (QED) is 0.788. The number of amides is 1. The Balaban J connectivity index is 1.80. The van der Waals surface area contributed by atoms with Crippen LogP contribution >= 0.6 is 0 Å². The lowest BCUT2D eigenvalue weighted by atomic mass is 10.2. The summed E-state index contributed by atoms with van der Waals surface area (Å²) in [6.45, 7) is 0. The molecule has 6 heteroatoms. The fourth-order valence-corrected chi connectivity index (χ4v) is 1.85. The van der Waals surface area contributed by atoms with Crippen LogP contribution in [0, 0.1) is 0 Å². The standard InChI is InChI=1S/C14H12N4O2/c1-20-12-5-2-10(3-6-12)14(19)16-11-4-7-13-17-15-9-18(13)8-11/h2-9H,1H3,(H,16,19). The highest BCUT2D eigenvalue weighted by atomic mass is 16.5. The molecule has 0 unspecified atom stereocenters. The Bertz CT molecular complexity index is 749. The summed E-state index contributed by atoms with van der Waals surface area (Å²) in [6, 6.07) is 10.5. The minimum atomic E-state index is -0.180. The van der Waals surface area contributed by atoms with Crippen molar-refractivity contribution in [1.29, 1.82) is 0 Å². The van der Waals surface area contributed by atoms with Crippen molar-refractivity contribution in [3.05, 3.63) is 54.5 Å². The van der Waals surface area contributed by atoms with E-state index in [1.807, 2.05) is 0 Å². The molecule has 0 aliphatic carbocycles. The molecule has 0 atom stereocenters. The number of fused-ring (bicyclic) bond motifs is 1. The average Bonchev–Trinajstić information content (AvgIpc) is 2.95. The molecular formula is C14H12N4O2.